The molecule has 1 aliphatic heterocycles. The molecule has 3 rings (SSSR count). The van der Waals surface area contributed by atoms with Gasteiger partial charge in [-0.2, -0.15) is 0 Å². The Labute approximate surface area is 173 Å². The number of likely N-dealkylation sites (tertiary alicyclic amines) is 1. The lowest BCUT2D eigenvalue weighted by molar-refractivity contribution is -0.121. The molecule has 1 heterocycles. The van der Waals surface area contributed by atoms with Gasteiger partial charge in [0.1, 0.15) is 5.75 Å². The zero-order chi connectivity index (χ0) is 20.5. The molecular formula is C24H30N2O3. The van der Waals surface area contributed by atoms with Gasteiger partial charge in [-0.05, 0) is 55.7 Å². The van der Waals surface area contributed by atoms with E-state index in [0.29, 0.717) is 25.3 Å². The molecule has 1 unspecified atom stereocenters. The normalized spacial score (nSPS) is 16.3. The standard InChI is InChI=1S/C24H30N2O3/c1-2-3-7-17-29-22-14-12-19(13-15-22)24(28)26-16-8-9-20(18-26)23(27)25-21-10-5-4-6-11-21/h4-6,10-15,20H,2-3,7-9,16-18H2,1H3,(H,25,27). The van der Waals surface area contributed by atoms with Crippen molar-refractivity contribution in [2.75, 3.05) is 25.0 Å². The van der Waals surface area contributed by atoms with Crippen LogP contribution in [0.4, 0.5) is 5.69 Å². The Bertz CT molecular complexity index is 790. The Morgan fingerprint density at radius 3 is 2.55 bits per heavy atom. The molecule has 1 aliphatic rings. The van der Waals surface area contributed by atoms with Crippen molar-refractivity contribution in [2.45, 2.75) is 39.0 Å². The number of unbranched alkanes of at least 4 members (excludes halogenated alkanes) is 2. The molecular weight excluding hydrogens is 364 g/mol. The van der Waals surface area contributed by atoms with Crippen LogP contribution in [-0.2, 0) is 4.79 Å². The number of amides is 2. The third-order valence-corrected chi connectivity index (χ3v) is 5.24. The average molecular weight is 395 g/mol. The fourth-order valence-electron chi connectivity index (χ4n) is 3.56. The number of para-hydroxylation sites is 1. The van der Waals surface area contributed by atoms with Gasteiger partial charge in [0.05, 0.1) is 12.5 Å². The Hall–Kier alpha value is -2.82. The topological polar surface area (TPSA) is 58.6 Å². The summed E-state index contributed by atoms with van der Waals surface area (Å²) in [7, 11) is 0. The van der Waals surface area contributed by atoms with Crippen LogP contribution in [0.2, 0.25) is 0 Å². The molecule has 5 nitrogen and oxygen atoms in total. The van der Waals surface area contributed by atoms with Gasteiger partial charge in [-0.3, -0.25) is 9.59 Å². The van der Waals surface area contributed by atoms with Crippen LogP contribution in [0, 0.1) is 5.92 Å². The molecule has 1 N–H and O–H groups in total. The van der Waals surface area contributed by atoms with Gasteiger partial charge < -0.3 is 15.0 Å². The molecule has 0 spiro atoms. The van der Waals surface area contributed by atoms with Crippen molar-refractivity contribution in [3.8, 4) is 5.75 Å². The minimum Gasteiger partial charge on any atom is -0.494 e. The van der Waals surface area contributed by atoms with Crippen LogP contribution in [0.15, 0.2) is 54.6 Å². The second-order valence-electron chi connectivity index (χ2n) is 7.53. The number of hydrogen-bond acceptors (Lipinski definition) is 3. The zero-order valence-corrected chi connectivity index (χ0v) is 17.1. The number of piperidine rings is 1. The van der Waals surface area contributed by atoms with Gasteiger partial charge in [0.2, 0.25) is 5.91 Å². The first-order valence-corrected chi connectivity index (χ1v) is 10.6. The molecule has 0 bridgehead atoms. The van der Waals surface area contributed by atoms with Crippen LogP contribution in [-0.4, -0.2) is 36.4 Å². The zero-order valence-electron chi connectivity index (χ0n) is 17.1. The molecule has 1 saturated heterocycles. The maximum absolute atomic E-state index is 12.9. The number of carbonyl (C=O) groups excluding carboxylic acids is 2. The number of anilines is 1. The summed E-state index contributed by atoms with van der Waals surface area (Å²) in [5.74, 6) is 0.551. The van der Waals surface area contributed by atoms with Crippen LogP contribution in [0.3, 0.4) is 0 Å². The molecule has 1 fully saturated rings. The molecule has 2 amide bonds. The Balaban J connectivity index is 1.54. The fourth-order valence-corrected chi connectivity index (χ4v) is 3.56. The predicted molar refractivity (Wildman–Crippen MR) is 115 cm³/mol. The van der Waals surface area contributed by atoms with Crippen molar-refractivity contribution in [1.29, 1.82) is 0 Å². The van der Waals surface area contributed by atoms with Crippen molar-refractivity contribution in [1.82, 2.24) is 4.90 Å². The molecule has 2 aromatic rings. The molecule has 0 aromatic heterocycles. The lowest BCUT2D eigenvalue weighted by Gasteiger charge is -2.32. The molecule has 5 heteroatoms. The molecule has 1 atom stereocenters. The van der Waals surface area contributed by atoms with Gasteiger partial charge in [0, 0.05) is 24.3 Å². The van der Waals surface area contributed by atoms with Crippen molar-refractivity contribution < 1.29 is 14.3 Å². The molecule has 154 valence electrons. The number of nitrogens with zero attached hydrogens (tertiary/aromatic N) is 1. The van der Waals surface area contributed by atoms with Crippen molar-refractivity contribution in [3.05, 3.63) is 60.2 Å². The van der Waals surface area contributed by atoms with Crippen molar-refractivity contribution >= 4 is 17.5 Å². The third kappa shape index (κ3) is 6.08. The monoisotopic (exact) mass is 394 g/mol. The van der Waals surface area contributed by atoms with Gasteiger partial charge in [-0.1, -0.05) is 38.0 Å². The first kappa shape index (κ1) is 20.9. The summed E-state index contributed by atoms with van der Waals surface area (Å²) < 4.78 is 5.72. The number of nitrogens with one attached hydrogen (secondary N) is 1. The van der Waals surface area contributed by atoms with E-state index in [2.05, 4.69) is 12.2 Å². The van der Waals surface area contributed by atoms with E-state index >= 15 is 0 Å². The SMILES string of the molecule is CCCCCOc1ccc(C(=O)N2CCCC(C(=O)Nc3ccccc3)C2)cc1. The second kappa shape index (κ2) is 10.6. The molecule has 29 heavy (non-hydrogen) atoms. The largest absolute Gasteiger partial charge is 0.494 e. The summed E-state index contributed by atoms with van der Waals surface area (Å²) in [4.78, 5) is 27.3. The molecule has 0 radical (unpaired) electrons. The highest BCUT2D eigenvalue weighted by atomic mass is 16.5. The van der Waals surface area contributed by atoms with Crippen LogP contribution >= 0.6 is 0 Å². The number of benzene rings is 2. The quantitative estimate of drug-likeness (QED) is 0.658. The van der Waals surface area contributed by atoms with E-state index in [1.165, 1.54) is 0 Å². The smallest absolute Gasteiger partial charge is 0.253 e. The van der Waals surface area contributed by atoms with E-state index in [1.54, 1.807) is 4.90 Å². The third-order valence-electron chi connectivity index (χ3n) is 5.24. The first-order chi connectivity index (χ1) is 14.2. The maximum Gasteiger partial charge on any atom is 0.253 e. The van der Waals surface area contributed by atoms with E-state index < -0.39 is 0 Å². The molecule has 2 aromatic carbocycles. The Morgan fingerprint density at radius 2 is 1.83 bits per heavy atom. The molecule has 0 aliphatic carbocycles. The fraction of sp³-hybridized carbons (Fsp3) is 0.417. The van der Waals surface area contributed by atoms with Crippen LogP contribution in [0.1, 0.15) is 49.4 Å². The van der Waals surface area contributed by atoms with Crippen molar-refractivity contribution in [2.24, 2.45) is 5.92 Å². The minimum absolute atomic E-state index is 0.0236. The number of rotatable bonds is 8. The van der Waals surface area contributed by atoms with Gasteiger partial charge >= 0.3 is 0 Å². The van der Waals surface area contributed by atoms with E-state index in [9.17, 15) is 9.59 Å². The highest BCUT2D eigenvalue weighted by molar-refractivity contribution is 5.96. The summed E-state index contributed by atoms with van der Waals surface area (Å²) in [6.45, 7) is 4.00. The van der Waals surface area contributed by atoms with E-state index in [0.717, 1.165) is 43.5 Å². The predicted octanol–water partition coefficient (Wildman–Crippen LogP) is 4.75. The lowest BCUT2D eigenvalue weighted by atomic mass is 9.96. The summed E-state index contributed by atoms with van der Waals surface area (Å²) in [6.07, 6.45) is 4.99. The summed E-state index contributed by atoms with van der Waals surface area (Å²) in [5, 5.41) is 2.95. The van der Waals surface area contributed by atoms with Gasteiger partial charge in [-0.15, -0.1) is 0 Å². The van der Waals surface area contributed by atoms with Crippen LogP contribution < -0.4 is 10.1 Å². The number of hydrogen-bond donors (Lipinski definition) is 1. The van der Waals surface area contributed by atoms with Crippen LogP contribution in [0.5, 0.6) is 5.75 Å². The average Bonchev–Trinajstić information content (AvgIpc) is 2.77. The highest BCUT2D eigenvalue weighted by Crippen LogP contribution is 2.21. The second-order valence-corrected chi connectivity index (χ2v) is 7.53. The summed E-state index contributed by atoms with van der Waals surface area (Å²) in [5.41, 5.74) is 1.42. The lowest BCUT2D eigenvalue weighted by Crippen LogP contribution is -2.43. The van der Waals surface area contributed by atoms with Gasteiger partial charge in [0.25, 0.3) is 5.91 Å². The minimum atomic E-state index is -0.186. The van der Waals surface area contributed by atoms with E-state index in [4.69, 9.17) is 4.74 Å². The number of ether oxygens (including phenoxy) is 1. The number of carbonyl (C=O) groups is 2. The molecule has 0 saturated carbocycles. The highest BCUT2D eigenvalue weighted by Gasteiger charge is 2.29. The maximum atomic E-state index is 12.9. The van der Waals surface area contributed by atoms with Crippen LogP contribution in [0.25, 0.3) is 0 Å². The van der Waals surface area contributed by atoms with Crippen molar-refractivity contribution in [3.63, 3.8) is 0 Å². The van der Waals surface area contributed by atoms with Gasteiger partial charge in [0.15, 0.2) is 0 Å². The van der Waals surface area contributed by atoms with E-state index in [-0.39, 0.29) is 17.7 Å². The Morgan fingerprint density at radius 1 is 1.07 bits per heavy atom. The summed E-state index contributed by atoms with van der Waals surface area (Å²) in [6, 6.07) is 16.8. The van der Waals surface area contributed by atoms with E-state index in [1.807, 2.05) is 54.6 Å². The Kier molecular flexibility index (Phi) is 7.68. The summed E-state index contributed by atoms with van der Waals surface area (Å²) >= 11 is 0. The van der Waals surface area contributed by atoms with Gasteiger partial charge in [-0.25, -0.2) is 0 Å². The first-order valence-electron chi connectivity index (χ1n) is 10.6.